The number of anilines is 1. The quantitative estimate of drug-likeness (QED) is 0.399. The fraction of sp³-hybridized carbons (Fsp3) is 0.214. The third-order valence-corrected chi connectivity index (χ3v) is 7.09. The van der Waals surface area contributed by atoms with Crippen LogP contribution in [0.2, 0.25) is 0 Å². The molecule has 0 aromatic heterocycles. The lowest BCUT2D eigenvalue weighted by atomic mass is 10.1. The number of hydrogen-bond donors (Lipinski definition) is 1. The second kappa shape index (κ2) is 11.6. The van der Waals surface area contributed by atoms with Crippen molar-refractivity contribution in [1.29, 1.82) is 0 Å². The number of hydrogen-bond acceptors (Lipinski definition) is 8. The van der Waals surface area contributed by atoms with Gasteiger partial charge in [-0.05, 0) is 61.0 Å². The van der Waals surface area contributed by atoms with E-state index in [1.807, 2.05) is 6.07 Å². The molecule has 0 spiro atoms. The van der Waals surface area contributed by atoms with Gasteiger partial charge in [0.2, 0.25) is 18.6 Å². The van der Waals surface area contributed by atoms with Gasteiger partial charge < -0.3 is 19.5 Å². The van der Waals surface area contributed by atoms with Crippen molar-refractivity contribution in [1.82, 2.24) is 4.90 Å². The van der Waals surface area contributed by atoms with Crippen molar-refractivity contribution >= 4 is 46.1 Å². The van der Waals surface area contributed by atoms with E-state index in [1.54, 1.807) is 55.5 Å². The molecule has 2 heterocycles. The van der Waals surface area contributed by atoms with Gasteiger partial charge >= 0.3 is 5.97 Å². The predicted molar refractivity (Wildman–Crippen MR) is 144 cm³/mol. The number of benzene rings is 3. The summed E-state index contributed by atoms with van der Waals surface area (Å²) in [6.07, 6.45) is -0.128. The van der Waals surface area contributed by atoms with Crippen molar-refractivity contribution in [3.8, 4) is 11.5 Å². The number of amidine groups is 1. The zero-order valence-electron chi connectivity index (χ0n) is 20.9. The van der Waals surface area contributed by atoms with E-state index >= 15 is 0 Å². The van der Waals surface area contributed by atoms with E-state index in [0.29, 0.717) is 27.9 Å². The Morgan fingerprint density at radius 3 is 2.64 bits per heavy atom. The second-order valence-electron chi connectivity index (χ2n) is 8.61. The summed E-state index contributed by atoms with van der Waals surface area (Å²) < 4.78 is 30.1. The first-order valence-electron chi connectivity index (χ1n) is 12.2. The molecule has 2 amide bonds. The third-order valence-electron chi connectivity index (χ3n) is 5.92. The molecule has 5 rings (SSSR count). The number of aliphatic imine (C=N–C) groups is 1. The minimum absolute atomic E-state index is 0.0928. The first kappa shape index (κ1) is 26.2. The van der Waals surface area contributed by atoms with Crippen LogP contribution in [0.4, 0.5) is 15.8 Å². The highest BCUT2D eigenvalue weighted by molar-refractivity contribution is 8.15. The molecule has 1 N–H and O–H groups in total. The standard InChI is InChI=1S/C28H24FN3O6S/c1-2-36-27(35)18-8-10-19(11-9-18)30-25(33)14-24-26(34)32(15-17-7-12-22-23(13-17)38-16-37-22)28(39-24)31-21-6-4-3-5-20(21)29/h3-13,24H,2,14-16H2,1H3,(H,30,33)/t24-/m1/s1. The first-order valence-corrected chi connectivity index (χ1v) is 13.1. The summed E-state index contributed by atoms with van der Waals surface area (Å²) in [6.45, 7) is 2.26. The number of rotatable bonds is 8. The lowest BCUT2D eigenvalue weighted by Gasteiger charge is -2.17. The van der Waals surface area contributed by atoms with E-state index in [0.717, 1.165) is 17.3 Å². The maximum Gasteiger partial charge on any atom is 0.338 e. The van der Waals surface area contributed by atoms with Crippen LogP contribution in [0.25, 0.3) is 0 Å². The number of ether oxygens (including phenoxy) is 3. The molecule has 39 heavy (non-hydrogen) atoms. The van der Waals surface area contributed by atoms with Crippen LogP contribution >= 0.6 is 11.8 Å². The van der Waals surface area contributed by atoms with E-state index in [2.05, 4.69) is 10.3 Å². The predicted octanol–water partition coefficient (Wildman–Crippen LogP) is 4.89. The molecule has 3 aromatic rings. The van der Waals surface area contributed by atoms with Crippen molar-refractivity contribution in [3.05, 3.63) is 83.7 Å². The zero-order valence-corrected chi connectivity index (χ0v) is 21.7. The normalized spacial score (nSPS) is 17.0. The average Bonchev–Trinajstić information content (AvgIpc) is 3.50. The van der Waals surface area contributed by atoms with E-state index in [-0.39, 0.29) is 43.9 Å². The molecule has 200 valence electrons. The summed E-state index contributed by atoms with van der Waals surface area (Å²) in [7, 11) is 0. The van der Waals surface area contributed by atoms with E-state index < -0.39 is 17.0 Å². The summed E-state index contributed by atoms with van der Waals surface area (Å²) in [5.74, 6) is -0.489. The Hall–Kier alpha value is -4.38. The van der Waals surface area contributed by atoms with Gasteiger partial charge in [0, 0.05) is 12.1 Å². The minimum Gasteiger partial charge on any atom is -0.462 e. The lowest BCUT2D eigenvalue weighted by molar-refractivity contribution is -0.128. The molecule has 1 fully saturated rings. The van der Waals surface area contributed by atoms with Crippen LogP contribution in [-0.2, 0) is 20.9 Å². The highest BCUT2D eigenvalue weighted by Gasteiger charge is 2.39. The number of para-hydroxylation sites is 1. The Morgan fingerprint density at radius 2 is 1.87 bits per heavy atom. The number of nitrogens with zero attached hydrogens (tertiary/aromatic N) is 2. The number of halogens is 1. The van der Waals surface area contributed by atoms with Crippen LogP contribution in [0.15, 0.2) is 71.7 Å². The average molecular weight is 550 g/mol. The fourth-order valence-corrected chi connectivity index (χ4v) is 5.17. The van der Waals surface area contributed by atoms with Gasteiger partial charge in [-0.15, -0.1) is 0 Å². The Kier molecular flexibility index (Phi) is 7.78. The zero-order chi connectivity index (χ0) is 27.4. The molecule has 0 aliphatic carbocycles. The summed E-state index contributed by atoms with van der Waals surface area (Å²) in [5, 5.41) is 2.28. The maximum atomic E-state index is 14.4. The highest BCUT2D eigenvalue weighted by atomic mass is 32.2. The van der Waals surface area contributed by atoms with Gasteiger partial charge in [-0.2, -0.15) is 0 Å². The van der Waals surface area contributed by atoms with E-state index in [1.165, 1.54) is 17.0 Å². The van der Waals surface area contributed by atoms with Gasteiger partial charge in [0.1, 0.15) is 16.8 Å². The van der Waals surface area contributed by atoms with Gasteiger partial charge in [0.15, 0.2) is 16.7 Å². The third kappa shape index (κ3) is 6.04. The summed E-state index contributed by atoms with van der Waals surface area (Å²) in [4.78, 5) is 44.0. The van der Waals surface area contributed by atoms with Crippen molar-refractivity contribution in [2.45, 2.75) is 25.1 Å². The van der Waals surface area contributed by atoms with Crippen LogP contribution in [0, 0.1) is 5.82 Å². The van der Waals surface area contributed by atoms with Crippen LogP contribution < -0.4 is 14.8 Å². The molecule has 1 saturated heterocycles. The number of carbonyl (C=O) groups excluding carboxylic acids is 3. The van der Waals surface area contributed by atoms with Gasteiger partial charge in [0.25, 0.3) is 0 Å². The number of fused-ring (bicyclic) bond motifs is 1. The summed E-state index contributed by atoms with van der Waals surface area (Å²) in [5.41, 5.74) is 1.70. The van der Waals surface area contributed by atoms with Gasteiger partial charge in [-0.25, -0.2) is 14.2 Å². The molecular weight excluding hydrogens is 525 g/mol. The van der Waals surface area contributed by atoms with E-state index in [9.17, 15) is 18.8 Å². The molecule has 1 atom stereocenters. The number of carbonyl (C=O) groups is 3. The minimum atomic E-state index is -0.761. The Bertz CT molecular complexity index is 1450. The van der Waals surface area contributed by atoms with Crippen molar-refractivity contribution in [3.63, 3.8) is 0 Å². The van der Waals surface area contributed by atoms with Gasteiger partial charge in [0.05, 0.1) is 18.7 Å². The SMILES string of the molecule is CCOC(=O)c1ccc(NC(=O)C[C@H]2SC(=Nc3ccccc3F)N(Cc3ccc4c(c3)OCO4)C2=O)cc1. The molecule has 2 aliphatic rings. The molecule has 0 bridgehead atoms. The largest absolute Gasteiger partial charge is 0.462 e. The molecule has 2 aliphatic heterocycles. The maximum absolute atomic E-state index is 14.4. The van der Waals surface area contributed by atoms with Crippen LogP contribution in [0.1, 0.15) is 29.3 Å². The molecule has 9 nitrogen and oxygen atoms in total. The topological polar surface area (TPSA) is 107 Å². The molecule has 11 heteroatoms. The Balaban J connectivity index is 1.32. The fourth-order valence-electron chi connectivity index (χ4n) is 4.02. The second-order valence-corrected chi connectivity index (χ2v) is 9.78. The van der Waals surface area contributed by atoms with Crippen LogP contribution in [-0.4, -0.2) is 46.5 Å². The molecule has 0 unspecified atom stereocenters. The number of thioether (sulfide) groups is 1. The monoisotopic (exact) mass is 549 g/mol. The van der Waals surface area contributed by atoms with Gasteiger partial charge in [-0.3, -0.25) is 14.5 Å². The summed E-state index contributed by atoms with van der Waals surface area (Å²) >= 11 is 1.11. The van der Waals surface area contributed by atoms with Gasteiger partial charge in [-0.1, -0.05) is 30.0 Å². The Morgan fingerprint density at radius 1 is 1.10 bits per heavy atom. The highest BCUT2D eigenvalue weighted by Crippen LogP contribution is 2.36. The molecule has 0 saturated carbocycles. The molecule has 3 aromatic carbocycles. The number of esters is 1. The van der Waals surface area contributed by atoms with Crippen LogP contribution in [0.5, 0.6) is 11.5 Å². The van der Waals surface area contributed by atoms with Crippen molar-refractivity contribution < 1.29 is 33.0 Å². The molecular formula is C28H24FN3O6S. The van der Waals surface area contributed by atoms with Crippen LogP contribution in [0.3, 0.4) is 0 Å². The summed E-state index contributed by atoms with van der Waals surface area (Å²) in [6, 6.07) is 17.7. The lowest BCUT2D eigenvalue weighted by Crippen LogP contribution is -2.33. The smallest absolute Gasteiger partial charge is 0.338 e. The molecule has 0 radical (unpaired) electrons. The number of nitrogens with one attached hydrogen (secondary N) is 1. The van der Waals surface area contributed by atoms with Crippen molar-refractivity contribution in [2.24, 2.45) is 4.99 Å². The Labute approximate surface area is 228 Å². The van der Waals surface area contributed by atoms with Crippen molar-refractivity contribution in [2.75, 3.05) is 18.7 Å². The first-order chi connectivity index (χ1) is 18.9. The number of amides is 2. The van der Waals surface area contributed by atoms with E-state index in [4.69, 9.17) is 14.2 Å².